The average Bonchev–Trinajstić information content (AvgIpc) is 1.63. The number of aliphatic hydroxyl groups excluding tert-OH is 1. The van der Waals surface area contributed by atoms with Gasteiger partial charge in [-0.3, -0.25) is 0 Å². The summed E-state index contributed by atoms with van der Waals surface area (Å²) in [5.41, 5.74) is 0. The molecule has 0 radical (unpaired) electrons. The Balaban J connectivity index is 3.38. The summed E-state index contributed by atoms with van der Waals surface area (Å²) in [6.45, 7) is 1.78. The van der Waals surface area contributed by atoms with Crippen molar-refractivity contribution in [2.75, 3.05) is 0 Å². The van der Waals surface area contributed by atoms with Gasteiger partial charge < -0.3 is 5.11 Å². The van der Waals surface area contributed by atoms with Gasteiger partial charge in [0.05, 0.1) is 6.10 Å². The summed E-state index contributed by atoms with van der Waals surface area (Å²) in [7, 11) is 0. The van der Waals surface area contributed by atoms with Crippen molar-refractivity contribution in [1.82, 2.24) is 0 Å². The van der Waals surface area contributed by atoms with Crippen LogP contribution in [0, 0.1) is 0 Å². The lowest BCUT2D eigenvalue weighted by Gasteiger charge is -2.11. The second-order valence-electron chi connectivity index (χ2n) is 1.92. The zero-order valence-corrected chi connectivity index (χ0v) is 7.29. The Hall–Kier alpha value is 0.830. The van der Waals surface area contributed by atoms with Crippen LogP contribution in [0.25, 0.3) is 0 Å². The van der Waals surface area contributed by atoms with E-state index in [1.54, 1.807) is 6.92 Å². The average molecular weight is 191 g/mol. The first kappa shape index (κ1) is 9.83. The van der Waals surface area contributed by atoms with Gasteiger partial charge >= 0.3 is 0 Å². The highest BCUT2D eigenvalue weighted by Crippen LogP contribution is 2.14. The SMILES string of the molecule is CC(Cl)CC(O)C(Cl)Cl. The molecule has 0 fully saturated rings. The van der Waals surface area contributed by atoms with E-state index in [-0.39, 0.29) is 5.38 Å². The monoisotopic (exact) mass is 190 g/mol. The third-order valence-electron chi connectivity index (χ3n) is 0.857. The standard InChI is InChI=1S/C5H9Cl3O/c1-3(6)2-4(9)5(7)8/h3-5,9H,2H2,1H3. The zero-order chi connectivity index (χ0) is 7.44. The number of alkyl halides is 3. The first-order chi connectivity index (χ1) is 4.04. The van der Waals surface area contributed by atoms with Crippen LogP contribution in [0.1, 0.15) is 13.3 Å². The van der Waals surface area contributed by atoms with Crippen LogP contribution in [0.5, 0.6) is 0 Å². The summed E-state index contributed by atoms with van der Waals surface area (Å²) in [6.07, 6.45) is -0.278. The first-order valence-electron chi connectivity index (χ1n) is 2.64. The predicted octanol–water partition coefficient (Wildman–Crippen LogP) is 2.17. The van der Waals surface area contributed by atoms with E-state index in [1.165, 1.54) is 0 Å². The Morgan fingerprint density at radius 1 is 1.33 bits per heavy atom. The number of rotatable bonds is 3. The van der Waals surface area contributed by atoms with Gasteiger partial charge in [0.25, 0.3) is 0 Å². The second-order valence-corrected chi connectivity index (χ2v) is 3.83. The molecule has 0 saturated carbocycles. The molecule has 0 rings (SSSR count). The van der Waals surface area contributed by atoms with Crippen LogP contribution >= 0.6 is 34.8 Å². The van der Waals surface area contributed by atoms with E-state index in [0.717, 1.165) is 0 Å². The van der Waals surface area contributed by atoms with Gasteiger partial charge in [0, 0.05) is 5.38 Å². The van der Waals surface area contributed by atoms with E-state index in [1.807, 2.05) is 0 Å². The summed E-state index contributed by atoms with van der Waals surface area (Å²) in [5.74, 6) is 0. The summed E-state index contributed by atoms with van der Waals surface area (Å²) < 4.78 is 0. The van der Waals surface area contributed by atoms with Crippen LogP contribution < -0.4 is 0 Å². The predicted molar refractivity (Wildman–Crippen MR) is 41.4 cm³/mol. The van der Waals surface area contributed by atoms with Crippen LogP contribution in [-0.4, -0.2) is 21.4 Å². The van der Waals surface area contributed by atoms with Crippen LogP contribution in [0.2, 0.25) is 0 Å². The van der Waals surface area contributed by atoms with E-state index in [9.17, 15) is 0 Å². The summed E-state index contributed by atoms with van der Waals surface area (Å²) >= 11 is 16.2. The maximum atomic E-state index is 8.95. The van der Waals surface area contributed by atoms with Gasteiger partial charge in [-0.15, -0.1) is 34.8 Å². The third kappa shape index (κ3) is 5.28. The van der Waals surface area contributed by atoms with Crippen molar-refractivity contribution in [3.05, 3.63) is 0 Å². The molecule has 0 aliphatic heterocycles. The Labute approximate surface area is 69.9 Å². The lowest BCUT2D eigenvalue weighted by Crippen LogP contribution is -2.18. The molecule has 0 aromatic rings. The molecule has 0 aliphatic carbocycles. The zero-order valence-electron chi connectivity index (χ0n) is 5.02. The maximum Gasteiger partial charge on any atom is 0.133 e. The Morgan fingerprint density at radius 3 is 1.89 bits per heavy atom. The lowest BCUT2D eigenvalue weighted by molar-refractivity contribution is 0.178. The van der Waals surface area contributed by atoms with Gasteiger partial charge in [-0.2, -0.15) is 0 Å². The highest BCUT2D eigenvalue weighted by molar-refractivity contribution is 6.44. The van der Waals surface area contributed by atoms with Crippen LogP contribution in [0.4, 0.5) is 0 Å². The van der Waals surface area contributed by atoms with Crippen LogP contribution in [0.15, 0.2) is 0 Å². The highest BCUT2D eigenvalue weighted by Gasteiger charge is 2.14. The Kier molecular flexibility index (Phi) is 5.04. The molecule has 4 heteroatoms. The molecule has 56 valence electrons. The minimum absolute atomic E-state index is 0.0833. The molecule has 0 bridgehead atoms. The lowest BCUT2D eigenvalue weighted by atomic mass is 10.2. The molecule has 0 aromatic carbocycles. The van der Waals surface area contributed by atoms with E-state index in [2.05, 4.69) is 0 Å². The van der Waals surface area contributed by atoms with E-state index in [0.29, 0.717) is 6.42 Å². The van der Waals surface area contributed by atoms with Crippen molar-refractivity contribution < 1.29 is 5.11 Å². The summed E-state index contributed by atoms with van der Waals surface area (Å²) in [6, 6.07) is 0. The largest absolute Gasteiger partial charge is 0.390 e. The van der Waals surface area contributed by atoms with Gasteiger partial charge in [-0.05, 0) is 13.3 Å². The molecule has 0 amide bonds. The van der Waals surface area contributed by atoms with E-state index in [4.69, 9.17) is 39.9 Å². The minimum atomic E-state index is -0.730. The molecule has 0 spiro atoms. The maximum absolute atomic E-state index is 8.95. The topological polar surface area (TPSA) is 20.2 Å². The molecule has 0 heterocycles. The van der Waals surface area contributed by atoms with Crippen molar-refractivity contribution in [3.63, 3.8) is 0 Å². The molecular formula is C5H9Cl3O. The molecule has 1 N–H and O–H groups in total. The summed E-state index contributed by atoms with van der Waals surface area (Å²) in [4.78, 5) is -0.730. The van der Waals surface area contributed by atoms with E-state index >= 15 is 0 Å². The smallest absolute Gasteiger partial charge is 0.133 e. The molecular weight excluding hydrogens is 182 g/mol. The number of hydrogen-bond acceptors (Lipinski definition) is 1. The summed E-state index contributed by atoms with van der Waals surface area (Å²) in [5, 5.41) is 8.87. The fraction of sp³-hybridized carbons (Fsp3) is 1.00. The molecule has 2 unspecified atom stereocenters. The van der Waals surface area contributed by atoms with Crippen molar-refractivity contribution in [3.8, 4) is 0 Å². The molecule has 0 aliphatic rings. The van der Waals surface area contributed by atoms with Crippen LogP contribution in [0.3, 0.4) is 0 Å². The molecule has 0 aromatic heterocycles. The Morgan fingerprint density at radius 2 is 1.78 bits per heavy atom. The Bertz CT molecular complexity index is 74.6. The van der Waals surface area contributed by atoms with Gasteiger partial charge in [-0.1, -0.05) is 0 Å². The molecule has 0 saturated heterocycles. The molecule has 1 nitrogen and oxygen atoms in total. The van der Waals surface area contributed by atoms with Crippen molar-refractivity contribution in [2.45, 2.75) is 29.7 Å². The highest BCUT2D eigenvalue weighted by atomic mass is 35.5. The first-order valence-corrected chi connectivity index (χ1v) is 3.95. The van der Waals surface area contributed by atoms with Gasteiger partial charge in [-0.25, -0.2) is 0 Å². The minimum Gasteiger partial charge on any atom is -0.390 e. The molecule has 9 heavy (non-hydrogen) atoms. The number of halogens is 3. The molecule has 2 atom stereocenters. The number of aliphatic hydroxyl groups is 1. The van der Waals surface area contributed by atoms with E-state index < -0.39 is 10.9 Å². The van der Waals surface area contributed by atoms with Crippen LogP contribution in [-0.2, 0) is 0 Å². The quantitative estimate of drug-likeness (QED) is 0.678. The van der Waals surface area contributed by atoms with Crippen molar-refractivity contribution in [2.24, 2.45) is 0 Å². The van der Waals surface area contributed by atoms with Crippen molar-refractivity contribution >= 4 is 34.8 Å². The second kappa shape index (κ2) is 4.62. The van der Waals surface area contributed by atoms with Gasteiger partial charge in [0.1, 0.15) is 4.84 Å². The van der Waals surface area contributed by atoms with Gasteiger partial charge in [0.15, 0.2) is 0 Å². The number of hydrogen-bond donors (Lipinski definition) is 1. The third-order valence-corrected chi connectivity index (χ3v) is 1.62. The fourth-order valence-corrected chi connectivity index (χ4v) is 0.824. The fourth-order valence-electron chi connectivity index (χ4n) is 0.436. The van der Waals surface area contributed by atoms with Gasteiger partial charge in [0.2, 0.25) is 0 Å². The normalized spacial score (nSPS) is 18.0. The van der Waals surface area contributed by atoms with Crippen molar-refractivity contribution in [1.29, 1.82) is 0 Å².